The van der Waals surface area contributed by atoms with Crippen LogP contribution in [0.1, 0.15) is 10.4 Å². The lowest BCUT2D eigenvalue weighted by Crippen LogP contribution is -2.11. The van der Waals surface area contributed by atoms with Gasteiger partial charge in [-0.05, 0) is 34.1 Å². The minimum absolute atomic E-state index is 0.201. The number of rotatable bonds is 0. The van der Waals surface area contributed by atoms with Crippen LogP contribution in [0.3, 0.4) is 0 Å². The number of nitrogens with zero attached hydrogens (tertiary/aromatic N) is 2. The van der Waals surface area contributed by atoms with Crippen molar-refractivity contribution in [1.29, 1.82) is 0 Å². The highest BCUT2D eigenvalue weighted by molar-refractivity contribution is 9.10. The SMILES string of the molecule is O=C1Nc2cccnc2Nc2ncc(Br)cc21. The standard InChI is InChI=1S/C11H7BrN4O/c12-6-4-7-9(14-5-6)16-10-8(15-11(7)17)2-1-3-13-10/h1-5H,(H,15,17)(H,13,14,16). The van der Waals surface area contributed by atoms with Crippen LogP contribution in [0.15, 0.2) is 35.1 Å². The monoisotopic (exact) mass is 290 g/mol. The van der Waals surface area contributed by atoms with Gasteiger partial charge in [-0.2, -0.15) is 0 Å². The van der Waals surface area contributed by atoms with E-state index in [1.165, 1.54) is 0 Å². The summed E-state index contributed by atoms with van der Waals surface area (Å²) in [6.07, 6.45) is 3.29. The number of anilines is 3. The van der Waals surface area contributed by atoms with Gasteiger partial charge in [-0.15, -0.1) is 0 Å². The molecule has 0 bridgehead atoms. The molecule has 3 rings (SSSR count). The van der Waals surface area contributed by atoms with Crippen molar-refractivity contribution < 1.29 is 4.79 Å². The van der Waals surface area contributed by atoms with E-state index in [4.69, 9.17) is 0 Å². The summed E-state index contributed by atoms with van der Waals surface area (Å²) in [4.78, 5) is 20.3. The van der Waals surface area contributed by atoms with Crippen LogP contribution < -0.4 is 10.6 Å². The van der Waals surface area contributed by atoms with Gasteiger partial charge in [-0.25, -0.2) is 9.97 Å². The predicted octanol–water partition coefficient (Wildman–Crippen LogP) is 2.55. The molecule has 2 aromatic heterocycles. The summed E-state index contributed by atoms with van der Waals surface area (Å²) in [5.74, 6) is 0.894. The van der Waals surface area contributed by atoms with E-state index in [1.807, 2.05) is 0 Å². The molecule has 0 radical (unpaired) electrons. The lowest BCUT2D eigenvalue weighted by Gasteiger charge is -2.05. The van der Waals surface area contributed by atoms with E-state index in [-0.39, 0.29) is 5.91 Å². The van der Waals surface area contributed by atoms with Gasteiger partial charge in [-0.1, -0.05) is 0 Å². The average molecular weight is 291 g/mol. The molecule has 0 saturated heterocycles. The summed E-state index contributed by atoms with van der Waals surface area (Å²) in [6.45, 7) is 0. The molecule has 0 aromatic carbocycles. The van der Waals surface area contributed by atoms with Crippen molar-refractivity contribution in [2.75, 3.05) is 10.6 Å². The maximum absolute atomic E-state index is 12.0. The zero-order chi connectivity index (χ0) is 11.8. The van der Waals surface area contributed by atoms with E-state index < -0.39 is 0 Å². The van der Waals surface area contributed by atoms with E-state index in [0.29, 0.717) is 22.9 Å². The van der Waals surface area contributed by atoms with Crippen molar-refractivity contribution >= 4 is 39.2 Å². The molecule has 6 heteroatoms. The maximum Gasteiger partial charge on any atom is 0.259 e. The van der Waals surface area contributed by atoms with Crippen LogP contribution in [0, 0.1) is 0 Å². The third kappa shape index (κ3) is 1.76. The van der Waals surface area contributed by atoms with Crippen LogP contribution in [-0.2, 0) is 0 Å². The first-order valence-corrected chi connectivity index (χ1v) is 5.72. The molecule has 5 nitrogen and oxygen atoms in total. The number of aromatic nitrogens is 2. The van der Waals surface area contributed by atoms with Crippen molar-refractivity contribution in [3.05, 3.63) is 40.6 Å². The third-order valence-electron chi connectivity index (χ3n) is 2.39. The summed E-state index contributed by atoms with van der Waals surface area (Å²) in [6, 6.07) is 5.27. The number of nitrogens with one attached hydrogen (secondary N) is 2. The van der Waals surface area contributed by atoms with Crippen molar-refractivity contribution in [3.63, 3.8) is 0 Å². The largest absolute Gasteiger partial charge is 0.323 e. The second kappa shape index (κ2) is 3.81. The van der Waals surface area contributed by atoms with Crippen LogP contribution in [-0.4, -0.2) is 15.9 Å². The molecule has 1 aliphatic rings. The van der Waals surface area contributed by atoms with Crippen LogP contribution in [0.2, 0.25) is 0 Å². The topological polar surface area (TPSA) is 66.9 Å². The highest BCUT2D eigenvalue weighted by atomic mass is 79.9. The summed E-state index contributed by atoms with van der Waals surface area (Å²) in [7, 11) is 0. The lowest BCUT2D eigenvalue weighted by atomic mass is 10.2. The Morgan fingerprint density at radius 3 is 2.94 bits per heavy atom. The van der Waals surface area contributed by atoms with E-state index in [2.05, 4.69) is 36.5 Å². The minimum Gasteiger partial charge on any atom is -0.323 e. The van der Waals surface area contributed by atoms with Crippen LogP contribution in [0.5, 0.6) is 0 Å². The fraction of sp³-hybridized carbons (Fsp3) is 0. The van der Waals surface area contributed by atoms with E-state index in [1.54, 1.807) is 30.6 Å². The number of halogens is 1. The molecule has 17 heavy (non-hydrogen) atoms. The highest BCUT2D eigenvalue weighted by Crippen LogP contribution is 2.29. The molecule has 2 aromatic rings. The Labute approximate surface area is 105 Å². The molecule has 84 valence electrons. The van der Waals surface area contributed by atoms with Crippen LogP contribution in [0.25, 0.3) is 0 Å². The normalized spacial score (nSPS) is 12.9. The molecule has 2 N–H and O–H groups in total. The van der Waals surface area contributed by atoms with Gasteiger partial charge >= 0.3 is 0 Å². The molecule has 3 heterocycles. The number of fused-ring (bicyclic) bond motifs is 2. The van der Waals surface area contributed by atoms with E-state index in [0.717, 1.165) is 4.47 Å². The number of hydrogen-bond acceptors (Lipinski definition) is 4. The van der Waals surface area contributed by atoms with Gasteiger partial charge in [-0.3, -0.25) is 4.79 Å². The molecular weight excluding hydrogens is 284 g/mol. The Balaban J connectivity index is 2.17. The first-order chi connectivity index (χ1) is 8.24. The fourth-order valence-corrected chi connectivity index (χ4v) is 1.95. The number of hydrogen-bond donors (Lipinski definition) is 2. The van der Waals surface area contributed by atoms with Gasteiger partial charge < -0.3 is 10.6 Å². The van der Waals surface area contributed by atoms with Crippen LogP contribution in [0.4, 0.5) is 17.3 Å². The van der Waals surface area contributed by atoms with Gasteiger partial charge in [0.05, 0.1) is 11.3 Å². The van der Waals surface area contributed by atoms with Crippen molar-refractivity contribution in [3.8, 4) is 0 Å². The summed E-state index contributed by atoms with van der Waals surface area (Å²) in [5.41, 5.74) is 1.13. The zero-order valence-electron chi connectivity index (χ0n) is 8.57. The lowest BCUT2D eigenvalue weighted by molar-refractivity contribution is 0.102. The van der Waals surface area contributed by atoms with Gasteiger partial charge in [0.15, 0.2) is 5.82 Å². The molecule has 0 fully saturated rings. The van der Waals surface area contributed by atoms with E-state index in [9.17, 15) is 4.79 Å². The zero-order valence-corrected chi connectivity index (χ0v) is 10.2. The first kappa shape index (κ1) is 10.2. The number of pyridine rings is 2. The van der Waals surface area contributed by atoms with Gasteiger partial charge in [0, 0.05) is 16.9 Å². The van der Waals surface area contributed by atoms with E-state index >= 15 is 0 Å². The second-order valence-corrected chi connectivity index (χ2v) is 4.44. The summed E-state index contributed by atoms with van der Waals surface area (Å²) in [5, 5.41) is 5.82. The molecule has 0 unspecified atom stereocenters. The Kier molecular flexibility index (Phi) is 2.29. The Hall–Kier alpha value is -1.95. The Morgan fingerprint density at radius 2 is 2.06 bits per heavy atom. The van der Waals surface area contributed by atoms with Crippen molar-refractivity contribution in [2.45, 2.75) is 0 Å². The van der Waals surface area contributed by atoms with Crippen LogP contribution >= 0.6 is 15.9 Å². The number of carbonyl (C=O) groups is 1. The molecular formula is C11H7BrN4O. The summed E-state index contributed by atoms with van der Waals surface area (Å²) >= 11 is 3.29. The number of carbonyl (C=O) groups excluding carboxylic acids is 1. The molecule has 1 amide bonds. The molecule has 0 atom stereocenters. The predicted molar refractivity (Wildman–Crippen MR) is 67.4 cm³/mol. The quantitative estimate of drug-likeness (QED) is 0.782. The third-order valence-corrected chi connectivity index (χ3v) is 2.83. The van der Waals surface area contributed by atoms with Crippen molar-refractivity contribution in [2.24, 2.45) is 0 Å². The fourth-order valence-electron chi connectivity index (χ4n) is 1.62. The molecule has 0 aliphatic carbocycles. The number of amides is 1. The minimum atomic E-state index is -0.201. The smallest absolute Gasteiger partial charge is 0.259 e. The molecule has 0 saturated carbocycles. The van der Waals surface area contributed by atoms with Gasteiger partial charge in [0.1, 0.15) is 5.82 Å². The highest BCUT2D eigenvalue weighted by Gasteiger charge is 2.20. The Morgan fingerprint density at radius 1 is 1.18 bits per heavy atom. The first-order valence-electron chi connectivity index (χ1n) is 4.93. The maximum atomic E-state index is 12.0. The Bertz CT molecular complexity index is 614. The van der Waals surface area contributed by atoms with Crippen molar-refractivity contribution in [1.82, 2.24) is 9.97 Å². The van der Waals surface area contributed by atoms with Gasteiger partial charge in [0.25, 0.3) is 5.91 Å². The summed E-state index contributed by atoms with van der Waals surface area (Å²) < 4.78 is 0.757. The van der Waals surface area contributed by atoms with Gasteiger partial charge in [0.2, 0.25) is 0 Å². The molecule has 1 aliphatic heterocycles. The average Bonchev–Trinajstić information content (AvgIpc) is 2.46. The second-order valence-electron chi connectivity index (χ2n) is 3.53. The molecule has 0 spiro atoms.